The summed E-state index contributed by atoms with van der Waals surface area (Å²) in [7, 11) is 3.92. The first-order chi connectivity index (χ1) is 11.0. The molecular weight excluding hydrogens is 286 g/mol. The highest BCUT2D eigenvalue weighted by Crippen LogP contribution is 2.15. The molecule has 0 aliphatic rings. The van der Waals surface area contributed by atoms with Gasteiger partial charge in [-0.1, -0.05) is 29.8 Å². The molecule has 0 heterocycles. The number of hydrogen-bond donors (Lipinski definition) is 2. The van der Waals surface area contributed by atoms with Crippen molar-refractivity contribution < 1.29 is 4.79 Å². The quantitative estimate of drug-likeness (QED) is 0.822. The van der Waals surface area contributed by atoms with Gasteiger partial charge in [-0.05, 0) is 50.8 Å². The van der Waals surface area contributed by atoms with E-state index < -0.39 is 0 Å². The fourth-order valence-electron chi connectivity index (χ4n) is 2.25. The highest BCUT2D eigenvalue weighted by molar-refractivity contribution is 5.90. The van der Waals surface area contributed by atoms with Crippen LogP contribution in [0.3, 0.4) is 0 Å². The summed E-state index contributed by atoms with van der Waals surface area (Å²) in [5.41, 5.74) is 4.39. The molecule has 122 valence electrons. The summed E-state index contributed by atoms with van der Waals surface area (Å²) in [5, 5.41) is 6.30. The highest BCUT2D eigenvalue weighted by Gasteiger charge is 2.03. The number of benzene rings is 2. The largest absolute Gasteiger partial charge is 0.381 e. The minimum absolute atomic E-state index is 0.0409. The molecule has 0 spiro atoms. The molecule has 0 aliphatic heterocycles. The van der Waals surface area contributed by atoms with Crippen LogP contribution in [0.2, 0.25) is 0 Å². The molecule has 0 aliphatic carbocycles. The van der Waals surface area contributed by atoms with E-state index in [9.17, 15) is 4.79 Å². The lowest BCUT2D eigenvalue weighted by Gasteiger charge is -2.11. The summed E-state index contributed by atoms with van der Waals surface area (Å²) in [6.45, 7) is 3.63. The standard InChI is InChI=1S/C19H25N3O/c1-15-5-4-6-16(13-15)14-20-17-7-9-18(10-8-17)21-19(23)11-12-22(2)3/h4-10,13,20H,11-12,14H2,1-3H3,(H,21,23). The Morgan fingerprint density at radius 3 is 2.39 bits per heavy atom. The van der Waals surface area contributed by atoms with Crippen molar-refractivity contribution in [2.75, 3.05) is 31.3 Å². The Balaban J connectivity index is 1.83. The second kappa shape index (κ2) is 8.34. The van der Waals surface area contributed by atoms with Gasteiger partial charge in [-0.15, -0.1) is 0 Å². The van der Waals surface area contributed by atoms with Gasteiger partial charge in [0.2, 0.25) is 5.91 Å². The number of carbonyl (C=O) groups excluding carboxylic acids is 1. The summed E-state index contributed by atoms with van der Waals surface area (Å²) >= 11 is 0. The van der Waals surface area contributed by atoms with Crippen LogP contribution in [0.15, 0.2) is 48.5 Å². The first-order valence-electron chi connectivity index (χ1n) is 7.87. The third-order valence-electron chi connectivity index (χ3n) is 3.53. The van der Waals surface area contributed by atoms with Crippen molar-refractivity contribution in [3.05, 3.63) is 59.7 Å². The monoisotopic (exact) mass is 311 g/mol. The predicted molar refractivity (Wildman–Crippen MR) is 96.7 cm³/mol. The van der Waals surface area contributed by atoms with Gasteiger partial charge in [-0.2, -0.15) is 0 Å². The topological polar surface area (TPSA) is 44.4 Å². The Hall–Kier alpha value is -2.33. The molecule has 1 amide bonds. The average Bonchev–Trinajstić information content (AvgIpc) is 2.52. The average molecular weight is 311 g/mol. The molecule has 0 bridgehead atoms. The van der Waals surface area contributed by atoms with Crippen molar-refractivity contribution in [3.63, 3.8) is 0 Å². The number of nitrogens with one attached hydrogen (secondary N) is 2. The van der Waals surface area contributed by atoms with Crippen LogP contribution >= 0.6 is 0 Å². The number of carbonyl (C=O) groups is 1. The minimum Gasteiger partial charge on any atom is -0.381 e. The van der Waals surface area contributed by atoms with Crippen LogP contribution in [0, 0.1) is 6.92 Å². The van der Waals surface area contributed by atoms with E-state index in [0.717, 1.165) is 24.5 Å². The maximum atomic E-state index is 11.8. The Labute approximate surface area is 138 Å². The molecule has 0 saturated heterocycles. The Morgan fingerprint density at radius 1 is 1.04 bits per heavy atom. The lowest BCUT2D eigenvalue weighted by atomic mass is 10.1. The summed E-state index contributed by atoms with van der Waals surface area (Å²) in [5.74, 6) is 0.0409. The van der Waals surface area contributed by atoms with Gasteiger partial charge in [0.15, 0.2) is 0 Å². The lowest BCUT2D eigenvalue weighted by molar-refractivity contribution is -0.116. The Bertz CT molecular complexity index is 635. The first-order valence-corrected chi connectivity index (χ1v) is 7.87. The van der Waals surface area contributed by atoms with Gasteiger partial charge in [0.05, 0.1) is 0 Å². The van der Waals surface area contributed by atoms with Crippen molar-refractivity contribution in [1.29, 1.82) is 0 Å². The Kier molecular flexibility index (Phi) is 6.18. The van der Waals surface area contributed by atoms with E-state index in [0.29, 0.717) is 6.42 Å². The van der Waals surface area contributed by atoms with Gasteiger partial charge in [0.25, 0.3) is 0 Å². The maximum Gasteiger partial charge on any atom is 0.225 e. The van der Waals surface area contributed by atoms with Gasteiger partial charge < -0.3 is 15.5 Å². The summed E-state index contributed by atoms with van der Waals surface area (Å²) < 4.78 is 0. The van der Waals surface area contributed by atoms with Crippen LogP contribution < -0.4 is 10.6 Å². The molecule has 0 atom stereocenters. The molecule has 0 saturated carbocycles. The summed E-state index contributed by atoms with van der Waals surface area (Å²) in [6, 6.07) is 16.3. The van der Waals surface area contributed by atoms with E-state index >= 15 is 0 Å². The highest BCUT2D eigenvalue weighted by atomic mass is 16.1. The van der Waals surface area contributed by atoms with E-state index in [1.54, 1.807) is 0 Å². The van der Waals surface area contributed by atoms with Gasteiger partial charge in [-0.25, -0.2) is 0 Å². The minimum atomic E-state index is 0.0409. The zero-order chi connectivity index (χ0) is 16.7. The lowest BCUT2D eigenvalue weighted by Crippen LogP contribution is -2.20. The van der Waals surface area contributed by atoms with Crippen molar-refractivity contribution in [1.82, 2.24) is 4.90 Å². The zero-order valence-corrected chi connectivity index (χ0v) is 14.1. The third-order valence-corrected chi connectivity index (χ3v) is 3.53. The van der Waals surface area contributed by atoms with Crippen LogP contribution in [0.25, 0.3) is 0 Å². The smallest absolute Gasteiger partial charge is 0.225 e. The number of hydrogen-bond acceptors (Lipinski definition) is 3. The second-order valence-electron chi connectivity index (χ2n) is 6.02. The molecule has 2 N–H and O–H groups in total. The van der Waals surface area contributed by atoms with Crippen molar-refractivity contribution in [2.24, 2.45) is 0 Å². The molecular formula is C19H25N3O. The fraction of sp³-hybridized carbons (Fsp3) is 0.316. The molecule has 4 nitrogen and oxygen atoms in total. The molecule has 4 heteroatoms. The van der Waals surface area contributed by atoms with Gasteiger partial charge in [-0.3, -0.25) is 4.79 Å². The number of nitrogens with zero attached hydrogens (tertiary/aromatic N) is 1. The van der Waals surface area contributed by atoms with Gasteiger partial charge in [0, 0.05) is 30.9 Å². The number of aryl methyl sites for hydroxylation is 1. The van der Waals surface area contributed by atoms with Crippen molar-refractivity contribution in [3.8, 4) is 0 Å². The molecule has 0 fully saturated rings. The van der Waals surface area contributed by atoms with Crippen LogP contribution in [0.1, 0.15) is 17.5 Å². The fourth-order valence-corrected chi connectivity index (χ4v) is 2.25. The van der Waals surface area contributed by atoms with Crippen LogP contribution in [-0.2, 0) is 11.3 Å². The molecule has 0 radical (unpaired) electrons. The third kappa shape index (κ3) is 6.12. The van der Waals surface area contributed by atoms with Crippen LogP contribution in [-0.4, -0.2) is 31.4 Å². The molecule has 2 aromatic carbocycles. The van der Waals surface area contributed by atoms with Crippen molar-refractivity contribution >= 4 is 17.3 Å². The van der Waals surface area contributed by atoms with Gasteiger partial charge >= 0.3 is 0 Å². The number of rotatable bonds is 7. The SMILES string of the molecule is Cc1cccc(CNc2ccc(NC(=O)CCN(C)C)cc2)c1. The second-order valence-corrected chi connectivity index (χ2v) is 6.02. The van der Waals surface area contributed by atoms with Gasteiger partial charge in [0.1, 0.15) is 0 Å². The van der Waals surface area contributed by atoms with E-state index in [1.165, 1.54) is 11.1 Å². The van der Waals surface area contributed by atoms with E-state index in [2.05, 4.69) is 41.8 Å². The molecule has 23 heavy (non-hydrogen) atoms. The van der Waals surface area contributed by atoms with E-state index in [4.69, 9.17) is 0 Å². The van der Waals surface area contributed by atoms with Crippen LogP contribution in [0.5, 0.6) is 0 Å². The zero-order valence-electron chi connectivity index (χ0n) is 14.1. The van der Waals surface area contributed by atoms with E-state index in [1.807, 2.05) is 43.3 Å². The van der Waals surface area contributed by atoms with E-state index in [-0.39, 0.29) is 5.91 Å². The normalized spacial score (nSPS) is 10.6. The number of anilines is 2. The first kappa shape index (κ1) is 17.0. The van der Waals surface area contributed by atoms with Crippen LogP contribution in [0.4, 0.5) is 11.4 Å². The van der Waals surface area contributed by atoms with Crippen molar-refractivity contribution in [2.45, 2.75) is 19.9 Å². The molecule has 2 rings (SSSR count). The molecule has 2 aromatic rings. The maximum absolute atomic E-state index is 11.8. The predicted octanol–water partition coefficient (Wildman–Crippen LogP) is 3.50. The summed E-state index contributed by atoms with van der Waals surface area (Å²) in [4.78, 5) is 13.8. The molecule has 0 unspecified atom stereocenters. The molecule has 0 aromatic heterocycles. The summed E-state index contributed by atoms with van der Waals surface area (Å²) in [6.07, 6.45) is 0.500. The Morgan fingerprint density at radius 2 is 1.74 bits per heavy atom. The number of amides is 1.